The third-order valence-electron chi connectivity index (χ3n) is 1.79. The zero-order valence-electron chi connectivity index (χ0n) is 9.25. The van der Waals surface area contributed by atoms with E-state index in [2.05, 4.69) is 41.8 Å². The van der Waals surface area contributed by atoms with Gasteiger partial charge in [0.2, 0.25) is 5.96 Å². The number of hydrogen-bond acceptors (Lipinski definition) is 2. The van der Waals surface area contributed by atoms with E-state index in [1.165, 1.54) is 7.11 Å². The second-order valence-electron chi connectivity index (χ2n) is 3.04. The minimum absolute atomic E-state index is 0.104. The van der Waals surface area contributed by atoms with Crippen LogP contribution >= 0.6 is 43.5 Å². The highest BCUT2D eigenvalue weighted by Crippen LogP contribution is 2.44. The number of ether oxygens (including phenoxy) is 1. The summed E-state index contributed by atoms with van der Waals surface area (Å²) in [6, 6.07) is 1.66. The Morgan fingerprint density at radius 2 is 1.94 bits per heavy atom. The largest absolute Gasteiger partial charge is 0.494 e. The monoisotopic (exact) mass is 397 g/mol. The van der Waals surface area contributed by atoms with E-state index in [4.69, 9.17) is 33.5 Å². The van der Waals surface area contributed by atoms with Crippen molar-refractivity contribution in [2.24, 2.45) is 27.2 Å². The minimum Gasteiger partial charge on any atom is -0.494 e. The molecule has 1 aromatic rings. The van der Waals surface area contributed by atoms with E-state index < -0.39 is 0 Å². The van der Waals surface area contributed by atoms with Crippen LogP contribution in [-0.4, -0.2) is 19.0 Å². The van der Waals surface area contributed by atoms with Crippen LogP contribution in [0.3, 0.4) is 0 Å². The van der Waals surface area contributed by atoms with Crippen LogP contribution in [0.2, 0.25) is 5.02 Å². The van der Waals surface area contributed by atoms with Crippen LogP contribution in [0.15, 0.2) is 25.0 Å². The highest BCUT2D eigenvalue weighted by atomic mass is 79.9. The van der Waals surface area contributed by atoms with E-state index >= 15 is 0 Å². The molecular formula is C9H10Br2ClN5O. The summed E-state index contributed by atoms with van der Waals surface area (Å²) in [4.78, 5) is 7.65. The van der Waals surface area contributed by atoms with Crippen molar-refractivity contribution < 1.29 is 4.74 Å². The van der Waals surface area contributed by atoms with Gasteiger partial charge in [0.25, 0.3) is 0 Å². The molecule has 6 nitrogen and oxygen atoms in total. The summed E-state index contributed by atoms with van der Waals surface area (Å²) in [5, 5.41) is 0.437. The quantitative estimate of drug-likeness (QED) is 0.402. The number of hydrogen-bond donors (Lipinski definition) is 3. The normalized spacial score (nSPS) is 11.2. The molecule has 0 bridgehead atoms. The number of rotatable bonds is 2. The molecule has 0 saturated heterocycles. The van der Waals surface area contributed by atoms with Crippen molar-refractivity contribution in [2.75, 3.05) is 7.11 Å². The summed E-state index contributed by atoms with van der Waals surface area (Å²) >= 11 is 12.6. The van der Waals surface area contributed by atoms with Gasteiger partial charge in [-0.2, -0.15) is 4.99 Å². The molecule has 0 radical (unpaired) electrons. The van der Waals surface area contributed by atoms with E-state index in [9.17, 15) is 0 Å². The number of nitrogens with two attached hydrogens (primary N) is 3. The highest BCUT2D eigenvalue weighted by Gasteiger charge is 2.14. The van der Waals surface area contributed by atoms with Crippen molar-refractivity contribution >= 4 is 61.1 Å². The van der Waals surface area contributed by atoms with Crippen LogP contribution in [0.1, 0.15) is 0 Å². The lowest BCUT2D eigenvalue weighted by Gasteiger charge is -2.09. The van der Waals surface area contributed by atoms with Crippen molar-refractivity contribution in [3.8, 4) is 5.75 Å². The van der Waals surface area contributed by atoms with Gasteiger partial charge in [0.15, 0.2) is 5.96 Å². The predicted octanol–water partition coefficient (Wildman–Crippen LogP) is 2.09. The average molecular weight is 399 g/mol. The third kappa shape index (κ3) is 3.50. The van der Waals surface area contributed by atoms with Gasteiger partial charge in [-0.05, 0) is 37.9 Å². The van der Waals surface area contributed by atoms with Crippen LogP contribution in [0.5, 0.6) is 5.75 Å². The van der Waals surface area contributed by atoms with Crippen LogP contribution in [0, 0.1) is 0 Å². The summed E-state index contributed by atoms with van der Waals surface area (Å²) in [6.45, 7) is 0. The number of methoxy groups -OCH3 is 1. The zero-order chi connectivity index (χ0) is 13.9. The first-order valence-corrected chi connectivity index (χ1v) is 6.48. The third-order valence-corrected chi connectivity index (χ3v) is 4.04. The van der Waals surface area contributed by atoms with Crippen molar-refractivity contribution in [1.29, 1.82) is 0 Å². The Bertz CT molecular complexity index is 528. The van der Waals surface area contributed by atoms with Crippen molar-refractivity contribution in [3.05, 3.63) is 20.0 Å². The number of aliphatic imine (C=N–C) groups is 2. The lowest BCUT2D eigenvalue weighted by molar-refractivity contribution is 0.415. The first-order chi connectivity index (χ1) is 8.36. The van der Waals surface area contributed by atoms with Gasteiger partial charge in [-0.25, -0.2) is 4.99 Å². The Morgan fingerprint density at radius 1 is 1.33 bits per heavy atom. The van der Waals surface area contributed by atoms with Crippen LogP contribution in [-0.2, 0) is 0 Å². The number of nitrogens with zero attached hydrogens (tertiary/aromatic N) is 2. The molecule has 0 unspecified atom stereocenters. The molecule has 0 spiro atoms. The lowest BCUT2D eigenvalue weighted by atomic mass is 10.3. The van der Waals surface area contributed by atoms with E-state index in [0.717, 1.165) is 0 Å². The molecule has 0 aliphatic heterocycles. The van der Waals surface area contributed by atoms with Gasteiger partial charge >= 0.3 is 0 Å². The van der Waals surface area contributed by atoms with Gasteiger partial charge in [-0.15, -0.1) is 0 Å². The van der Waals surface area contributed by atoms with E-state index in [0.29, 0.717) is 25.4 Å². The maximum absolute atomic E-state index is 6.06. The van der Waals surface area contributed by atoms with Crippen LogP contribution < -0.4 is 21.9 Å². The molecule has 9 heteroatoms. The van der Waals surface area contributed by atoms with Gasteiger partial charge in [0, 0.05) is 4.47 Å². The smallest absolute Gasteiger partial charge is 0.223 e. The summed E-state index contributed by atoms with van der Waals surface area (Å²) < 4.78 is 6.35. The fourth-order valence-electron chi connectivity index (χ4n) is 1.10. The average Bonchev–Trinajstić information content (AvgIpc) is 2.28. The second kappa shape index (κ2) is 6.26. The number of guanidine groups is 2. The minimum atomic E-state index is -0.186. The number of halogens is 3. The van der Waals surface area contributed by atoms with Gasteiger partial charge in [-0.3, -0.25) is 0 Å². The predicted molar refractivity (Wildman–Crippen MR) is 80.5 cm³/mol. The topological polar surface area (TPSA) is 112 Å². The molecule has 0 amide bonds. The summed E-state index contributed by atoms with van der Waals surface area (Å²) in [7, 11) is 1.50. The molecule has 0 atom stereocenters. The Labute approximate surface area is 125 Å². The van der Waals surface area contributed by atoms with E-state index in [1.54, 1.807) is 6.07 Å². The molecule has 1 rings (SSSR count). The SMILES string of the molecule is COc1cc(Br)c(Cl)c(Br)c1N=C(N)N=C(N)N. The fourth-order valence-corrected chi connectivity index (χ4v) is 2.41. The molecule has 0 aliphatic rings. The van der Waals surface area contributed by atoms with Gasteiger partial charge in [-0.1, -0.05) is 11.6 Å². The van der Waals surface area contributed by atoms with Crippen molar-refractivity contribution in [2.45, 2.75) is 0 Å². The number of benzene rings is 1. The summed E-state index contributed by atoms with van der Waals surface area (Å²) in [5.41, 5.74) is 16.4. The molecule has 0 aromatic heterocycles. The van der Waals surface area contributed by atoms with E-state index in [1.807, 2.05) is 0 Å². The summed E-state index contributed by atoms with van der Waals surface area (Å²) in [6.07, 6.45) is 0. The van der Waals surface area contributed by atoms with Gasteiger partial charge < -0.3 is 21.9 Å². The lowest BCUT2D eigenvalue weighted by Crippen LogP contribution is -2.26. The highest BCUT2D eigenvalue weighted by molar-refractivity contribution is 9.11. The Hall–Kier alpha value is -0.990. The molecule has 1 aromatic carbocycles. The molecule has 6 N–H and O–H groups in total. The Kier molecular flexibility index (Phi) is 5.24. The van der Waals surface area contributed by atoms with Gasteiger partial charge in [0.1, 0.15) is 11.4 Å². The van der Waals surface area contributed by atoms with Crippen LogP contribution in [0.4, 0.5) is 5.69 Å². The van der Waals surface area contributed by atoms with Crippen molar-refractivity contribution in [1.82, 2.24) is 0 Å². The van der Waals surface area contributed by atoms with Gasteiger partial charge in [0.05, 0.1) is 16.6 Å². The molecule has 18 heavy (non-hydrogen) atoms. The maximum atomic E-state index is 6.06. The molecule has 0 aliphatic carbocycles. The molecular weight excluding hydrogens is 389 g/mol. The zero-order valence-corrected chi connectivity index (χ0v) is 13.2. The first-order valence-electron chi connectivity index (χ1n) is 4.52. The van der Waals surface area contributed by atoms with E-state index in [-0.39, 0.29) is 11.9 Å². The summed E-state index contributed by atoms with van der Waals surface area (Å²) in [5.74, 6) is 0.175. The standard InChI is InChI=1S/C9H10Br2ClN5O/c1-18-4-2-3(10)6(12)5(11)7(4)16-9(15)17-8(13)14/h2H,1H3,(H6,13,14,15,16,17). The van der Waals surface area contributed by atoms with Crippen molar-refractivity contribution in [3.63, 3.8) is 0 Å². The first kappa shape index (κ1) is 15.1. The molecule has 98 valence electrons. The van der Waals surface area contributed by atoms with Crippen LogP contribution in [0.25, 0.3) is 0 Å². The molecule has 0 fully saturated rings. The molecule has 0 saturated carbocycles. The molecule has 0 heterocycles. The second-order valence-corrected chi connectivity index (χ2v) is 5.07. The maximum Gasteiger partial charge on any atom is 0.223 e. The Balaban J connectivity index is 3.40. The Morgan fingerprint density at radius 3 is 2.44 bits per heavy atom. The fraction of sp³-hybridized carbons (Fsp3) is 0.111.